The lowest BCUT2D eigenvalue weighted by molar-refractivity contribution is 0.828. The van der Waals surface area contributed by atoms with Crippen molar-refractivity contribution in [3.05, 3.63) is 0 Å². The first kappa shape index (κ1) is 17.7. The van der Waals surface area contributed by atoms with E-state index in [0.29, 0.717) is 0 Å². The van der Waals surface area contributed by atoms with E-state index in [4.69, 9.17) is 0 Å². The van der Waals surface area contributed by atoms with E-state index in [1.165, 1.54) is 38.5 Å². The highest BCUT2D eigenvalue weighted by molar-refractivity contribution is 6.82. The molecule has 1 heteroatoms. The van der Waals surface area contributed by atoms with Crippen LogP contribution in [-0.4, -0.2) is 6.71 Å². The minimum Gasteiger partial charge on any atom is -0.121 e. The molecule has 0 nitrogen and oxygen atoms in total. The first-order valence-corrected chi connectivity index (χ1v) is 7.80. The van der Waals surface area contributed by atoms with E-state index in [1.54, 1.807) is 0 Å². The molecule has 0 aliphatic rings. The van der Waals surface area contributed by atoms with Crippen LogP contribution in [0.2, 0.25) is 0 Å². The van der Waals surface area contributed by atoms with Crippen molar-refractivity contribution in [1.82, 2.24) is 0 Å². The number of rotatable bonds is 6. The van der Waals surface area contributed by atoms with E-state index in [-0.39, 0.29) is 6.71 Å². The van der Waals surface area contributed by atoms with Gasteiger partial charge in [-0.1, -0.05) is 40.0 Å². The first-order chi connectivity index (χ1) is 9.35. The van der Waals surface area contributed by atoms with Crippen LogP contribution in [-0.2, 0) is 0 Å². The Morgan fingerprint density at radius 3 is 1.16 bits per heavy atom. The van der Waals surface area contributed by atoms with Crippen molar-refractivity contribution < 1.29 is 0 Å². The van der Waals surface area contributed by atoms with Crippen LogP contribution >= 0.6 is 0 Å². The maximum absolute atomic E-state index is 3.21. The molecule has 0 saturated heterocycles. The highest BCUT2D eigenvalue weighted by atomic mass is 13.8. The van der Waals surface area contributed by atoms with E-state index in [1.807, 2.05) is 0 Å². The second kappa shape index (κ2) is 14.8. The van der Waals surface area contributed by atoms with Crippen LogP contribution in [0.1, 0.15) is 78.6 Å². The Balaban J connectivity index is 4.36. The molecule has 0 amide bonds. The molecule has 0 saturated carbocycles. The molecular weight excluding hydrogens is 227 g/mol. The molecule has 0 aromatic heterocycles. The van der Waals surface area contributed by atoms with Gasteiger partial charge in [0.1, 0.15) is 0 Å². The van der Waals surface area contributed by atoms with Crippen molar-refractivity contribution in [1.29, 1.82) is 0 Å². The predicted molar refractivity (Wildman–Crippen MR) is 87.7 cm³/mol. The zero-order valence-electron chi connectivity index (χ0n) is 12.9. The van der Waals surface area contributed by atoms with Gasteiger partial charge < -0.3 is 0 Å². The van der Waals surface area contributed by atoms with Crippen LogP contribution in [0.3, 0.4) is 0 Å². The molecular formula is C18H27B. The van der Waals surface area contributed by atoms with Gasteiger partial charge >= 0.3 is 6.71 Å². The largest absolute Gasteiger partial charge is 0.395 e. The first-order valence-electron chi connectivity index (χ1n) is 7.80. The third kappa shape index (κ3) is 13.0. The summed E-state index contributed by atoms with van der Waals surface area (Å²) < 4.78 is 0. The van der Waals surface area contributed by atoms with Gasteiger partial charge in [-0.25, -0.2) is 0 Å². The van der Waals surface area contributed by atoms with Gasteiger partial charge in [0.2, 0.25) is 0 Å². The lowest BCUT2D eigenvalue weighted by Crippen LogP contribution is -2.04. The fourth-order valence-corrected chi connectivity index (χ4v) is 1.43. The maximum atomic E-state index is 3.21. The summed E-state index contributed by atoms with van der Waals surface area (Å²) in [7, 11) is 0. The lowest BCUT2D eigenvalue weighted by Gasteiger charge is -1.89. The van der Waals surface area contributed by atoms with Gasteiger partial charge in [0.15, 0.2) is 0 Å². The van der Waals surface area contributed by atoms with Gasteiger partial charge in [0.25, 0.3) is 0 Å². The fourth-order valence-electron chi connectivity index (χ4n) is 1.43. The van der Waals surface area contributed by atoms with Crippen LogP contribution in [0.15, 0.2) is 0 Å². The fraction of sp³-hybridized carbons (Fsp3) is 0.667. The quantitative estimate of drug-likeness (QED) is 0.367. The lowest BCUT2D eigenvalue weighted by atomic mass is 9.52. The molecule has 0 bridgehead atoms. The second-order valence-corrected chi connectivity index (χ2v) is 4.71. The van der Waals surface area contributed by atoms with Crippen molar-refractivity contribution in [3.8, 4) is 35.2 Å². The van der Waals surface area contributed by atoms with E-state index >= 15 is 0 Å². The molecule has 0 unspecified atom stereocenters. The van der Waals surface area contributed by atoms with Gasteiger partial charge in [0, 0.05) is 19.3 Å². The van der Waals surface area contributed by atoms with Crippen LogP contribution in [0.4, 0.5) is 0 Å². The third-order valence-electron chi connectivity index (χ3n) is 2.71. The number of unbranched alkanes of at least 4 members (excludes halogenated alkanes) is 6. The second-order valence-electron chi connectivity index (χ2n) is 4.71. The van der Waals surface area contributed by atoms with Crippen LogP contribution in [0, 0.1) is 35.2 Å². The van der Waals surface area contributed by atoms with Crippen LogP contribution in [0.25, 0.3) is 0 Å². The molecule has 0 atom stereocenters. The van der Waals surface area contributed by atoms with Crippen molar-refractivity contribution in [2.75, 3.05) is 0 Å². The third-order valence-corrected chi connectivity index (χ3v) is 2.71. The molecule has 19 heavy (non-hydrogen) atoms. The van der Waals surface area contributed by atoms with Gasteiger partial charge in [-0.05, 0) is 19.3 Å². The normalized spacial score (nSPS) is 8.37. The SMILES string of the molecule is CCCCC#CB(C#CCCCC)C#CCCCC. The summed E-state index contributed by atoms with van der Waals surface area (Å²) in [6.07, 6.45) is 10.0. The molecule has 102 valence electrons. The molecule has 0 rings (SSSR count). The summed E-state index contributed by atoms with van der Waals surface area (Å²) in [5.41, 5.74) is 0. The van der Waals surface area contributed by atoms with Crippen LogP contribution in [0.5, 0.6) is 0 Å². The van der Waals surface area contributed by atoms with E-state index in [9.17, 15) is 0 Å². The van der Waals surface area contributed by atoms with E-state index in [2.05, 4.69) is 56.0 Å². The summed E-state index contributed by atoms with van der Waals surface area (Å²) in [5, 5.41) is 0. The molecule has 0 fully saturated rings. The Bertz CT molecular complexity index is 313. The molecule has 0 aliphatic carbocycles. The van der Waals surface area contributed by atoms with Gasteiger partial charge in [-0.3, -0.25) is 0 Å². The Morgan fingerprint density at radius 1 is 0.579 bits per heavy atom. The smallest absolute Gasteiger partial charge is 0.121 e. The topological polar surface area (TPSA) is 0 Å². The molecule has 0 aromatic carbocycles. The monoisotopic (exact) mass is 254 g/mol. The average molecular weight is 254 g/mol. The molecule has 0 radical (unpaired) electrons. The molecule has 0 aromatic rings. The van der Waals surface area contributed by atoms with Gasteiger partial charge in [-0.2, -0.15) is 0 Å². The standard InChI is InChI=1S/C18H27B/c1-4-7-10-13-16-19(17-14-11-8-5-2)18-15-12-9-6-3/h4-12H2,1-3H3. The highest BCUT2D eigenvalue weighted by Gasteiger charge is 2.01. The summed E-state index contributed by atoms with van der Waals surface area (Å²) in [4.78, 5) is 0. The number of hydrogen-bond donors (Lipinski definition) is 0. The van der Waals surface area contributed by atoms with E-state index in [0.717, 1.165) is 19.3 Å². The molecule has 0 heterocycles. The Labute approximate surface area is 121 Å². The van der Waals surface area contributed by atoms with Crippen molar-refractivity contribution in [3.63, 3.8) is 0 Å². The Morgan fingerprint density at radius 2 is 0.895 bits per heavy atom. The Hall–Kier alpha value is -1.26. The molecule has 0 spiro atoms. The van der Waals surface area contributed by atoms with Crippen LogP contribution < -0.4 is 0 Å². The predicted octanol–water partition coefficient (Wildman–Crippen LogP) is 4.68. The number of hydrogen-bond acceptors (Lipinski definition) is 0. The summed E-state index contributed by atoms with van der Waals surface area (Å²) in [6.45, 7) is 6.53. The zero-order chi connectivity index (χ0) is 14.2. The Kier molecular flexibility index (Phi) is 13.8. The average Bonchev–Trinajstić information content (AvgIpc) is 2.43. The van der Waals surface area contributed by atoms with Gasteiger partial charge in [-0.15, -0.1) is 35.2 Å². The summed E-state index contributed by atoms with van der Waals surface area (Å²) in [5.74, 6) is 19.3. The minimum atomic E-state index is -0.0365. The molecule has 0 aliphatic heterocycles. The summed E-state index contributed by atoms with van der Waals surface area (Å²) in [6, 6.07) is 0. The zero-order valence-corrected chi connectivity index (χ0v) is 12.9. The summed E-state index contributed by atoms with van der Waals surface area (Å²) >= 11 is 0. The van der Waals surface area contributed by atoms with Crippen molar-refractivity contribution >= 4 is 6.71 Å². The minimum absolute atomic E-state index is 0.0365. The highest BCUT2D eigenvalue weighted by Crippen LogP contribution is 1.94. The van der Waals surface area contributed by atoms with Crippen molar-refractivity contribution in [2.24, 2.45) is 0 Å². The maximum Gasteiger partial charge on any atom is 0.395 e. The van der Waals surface area contributed by atoms with E-state index < -0.39 is 0 Å². The van der Waals surface area contributed by atoms with Gasteiger partial charge in [0.05, 0.1) is 0 Å². The van der Waals surface area contributed by atoms with Crippen molar-refractivity contribution in [2.45, 2.75) is 78.6 Å². The molecule has 0 N–H and O–H groups in total.